The number of ether oxygens (including phenoxy) is 1. The van der Waals surface area contributed by atoms with Crippen molar-refractivity contribution in [2.24, 2.45) is 5.92 Å². The molecular formula is C19H20ClN3O2. The Kier molecular flexibility index (Phi) is 5.06. The Morgan fingerprint density at radius 1 is 1.16 bits per heavy atom. The van der Waals surface area contributed by atoms with Gasteiger partial charge in [0.25, 0.3) is 0 Å². The molecule has 1 aromatic heterocycles. The molecule has 3 rings (SSSR count). The molecule has 0 aliphatic rings. The summed E-state index contributed by atoms with van der Waals surface area (Å²) in [5.41, 5.74) is -0.251. The maximum Gasteiger partial charge on any atom is 0.137 e. The molecule has 6 heteroatoms. The third-order valence-corrected chi connectivity index (χ3v) is 4.45. The predicted octanol–water partition coefficient (Wildman–Crippen LogP) is 4.27. The van der Waals surface area contributed by atoms with E-state index in [4.69, 9.17) is 16.3 Å². The summed E-state index contributed by atoms with van der Waals surface area (Å²) in [5.74, 6) is 1.34. The van der Waals surface area contributed by atoms with Gasteiger partial charge in [0.2, 0.25) is 0 Å². The van der Waals surface area contributed by atoms with Crippen LogP contribution < -0.4 is 4.74 Å². The molecule has 0 radical (unpaired) electrons. The van der Waals surface area contributed by atoms with Crippen molar-refractivity contribution in [2.75, 3.05) is 0 Å². The highest BCUT2D eigenvalue weighted by Gasteiger charge is 2.34. The Bertz CT molecular complexity index is 819. The smallest absolute Gasteiger partial charge is 0.137 e. The van der Waals surface area contributed by atoms with Gasteiger partial charge in [0.05, 0.1) is 6.54 Å². The molecule has 0 saturated carbocycles. The lowest BCUT2D eigenvalue weighted by atomic mass is 9.83. The van der Waals surface area contributed by atoms with Crippen molar-refractivity contribution < 1.29 is 9.84 Å². The average molecular weight is 358 g/mol. The van der Waals surface area contributed by atoms with Gasteiger partial charge in [0, 0.05) is 5.02 Å². The van der Waals surface area contributed by atoms with Crippen molar-refractivity contribution >= 4 is 11.6 Å². The Labute approximate surface area is 151 Å². The van der Waals surface area contributed by atoms with Crippen LogP contribution in [0, 0.1) is 5.92 Å². The van der Waals surface area contributed by atoms with Crippen LogP contribution in [-0.2, 0) is 12.1 Å². The summed E-state index contributed by atoms with van der Waals surface area (Å²) in [6, 6.07) is 14.6. The molecule has 0 bridgehead atoms. The van der Waals surface area contributed by atoms with Crippen molar-refractivity contribution in [2.45, 2.75) is 26.0 Å². The van der Waals surface area contributed by atoms with Gasteiger partial charge in [-0.3, -0.25) is 0 Å². The Morgan fingerprint density at radius 2 is 1.92 bits per heavy atom. The van der Waals surface area contributed by atoms with Crippen LogP contribution >= 0.6 is 11.6 Å². The molecule has 3 aromatic rings. The van der Waals surface area contributed by atoms with Gasteiger partial charge in [-0.25, -0.2) is 9.67 Å². The number of halogens is 1. The van der Waals surface area contributed by atoms with Crippen LogP contribution in [0.2, 0.25) is 5.02 Å². The molecule has 0 amide bonds. The monoisotopic (exact) mass is 357 g/mol. The highest BCUT2D eigenvalue weighted by molar-refractivity contribution is 6.30. The van der Waals surface area contributed by atoms with Crippen LogP contribution in [0.3, 0.4) is 0 Å². The summed E-state index contributed by atoms with van der Waals surface area (Å²) in [6.45, 7) is 4.29. The molecule has 0 spiro atoms. The molecule has 130 valence electrons. The first-order valence-electron chi connectivity index (χ1n) is 8.06. The molecule has 1 unspecified atom stereocenters. The lowest BCUT2D eigenvalue weighted by molar-refractivity contribution is -0.0295. The molecule has 2 aromatic carbocycles. The van der Waals surface area contributed by atoms with Crippen LogP contribution in [0.1, 0.15) is 19.4 Å². The molecule has 0 aliphatic carbocycles. The molecule has 5 nitrogen and oxygen atoms in total. The second-order valence-electron chi connectivity index (χ2n) is 6.26. The van der Waals surface area contributed by atoms with Crippen molar-refractivity contribution in [3.05, 3.63) is 71.8 Å². The largest absolute Gasteiger partial charge is 0.457 e. The standard InChI is InChI=1S/C19H20ClN3O2/c1-14(2)19(24,11-23-13-21-12-22-23)15-6-8-17(9-7-15)25-18-5-3-4-16(20)10-18/h3-10,12-14,24H,11H2,1-2H3. The number of rotatable bonds is 6. The van der Waals surface area contributed by atoms with E-state index in [0.29, 0.717) is 23.1 Å². The zero-order valence-electron chi connectivity index (χ0n) is 14.1. The van der Waals surface area contributed by atoms with Crippen LogP contribution in [0.4, 0.5) is 0 Å². The van der Waals surface area contributed by atoms with Crippen molar-refractivity contribution in [1.82, 2.24) is 14.8 Å². The summed E-state index contributed by atoms with van der Waals surface area (Å²) in [4.78, 5) is 3.94. The van der Waals surface area contributed by atoms with E-state index in [9.17, 15) is 5.11 Å². The molecule has 0 saturated heterocycles. The first-order chi connectivity index (χ1) is 12.0. The highest BCUT2D eigenvalue weighted by atomic mass is 35.5. The lowest BCUT2D eigenvalue weighted by Gasteiger charge is -2.32. The fraction of sp³-hybridized carbons (Fsp3) is 0.263. The van der Waals surface area contributed by atoms with E-state index in [-0.39, 0.29) is 5.92 Å². The molecule has 1 N–H and O–H groups in total. The first-order valence-corrected chi connectivity index (χ1v) is 8.44. The highest BCUT2D eigenvalue weighted by Crippen LogP contribution is 2.33. The predicted molar refractivity (Wildman–Crippen MR) is 96.7 cm³/mol. The van der Waals surface area contributed by atoms with Crippen LogP contribution in [0.5, 0.6) is 11.5 Å². The van der Waals surface area contributed by atoms with E-state index in [0.717, 1.165) is 5.56 Å². The lowest BCUT2D eigenvalue weighted by Crippen LogP contribution is -2.37. The maximum atomic E-state index is 11.2. The number of aromatic nitrogens is 3. The van der Waals surface area contributed by atoms with Crippen molar-refractivity contribution in [1.29, 1.82) is 0 Å². The summed E-state index contributed by atoms with van der Waals surface area (Å²) in [6.07, 6.45) is 3.06. The number of nitrogens with zero attached hydrogens (tertiary/aromatic N) is 3. The van der Waals surface area contributed by atoms with Crippen LogP contribution in [0.25, 0.3) is 0 Å². The minimum absolute atomic E-state index is 0.00333. The minimum Gasteiger partial charge on any atom is -0.457 e. The van der Waals surface area contributed by atoms with Gasteiger partial charge in [0.1, 0.15) is 29.8 Å². The quantitative estimate of drug-likeness (QED) is 0.715. The fourth-order valence-electron chi connectivity index (χ4n) is 2.65. The first kappa shape index (κ1) is 17.5. The van der Waals surface area contributed by atoms with Gasteiger partial charge < -0.3 is 9.84 Å². The Balaban J connectivity index is 1.81. The van der Waals surface area contributed by atoms with E-state index in [1.807, 2.05) is 50.2 Å². The third-order valence-electron chi connectivity index (χ3n) is 4.21. The summed E-state index contributed by atoms with van der Waals surface area (Å²) < 4.78 is 7.43. The summed E-state index contributed by atoms with van der Waals surface area (Å²) in [5, 5.41) is 15.9. The van der Waals surface area contributed by atoms with E-state index >= 15 is 0 Å². The van der Waals surface area contributed by atoms with Gasteiger partial charge >= 0.3 is 0 Å². The van der Waals surface area contributed by atoms with Crippen LogP contribution in [0.15, 0.2) is 61.2 Å². The molecular weight excluding hydrogens is 338 g/mol. The minimum atomic E-state index is -1.05. The molecule has 0 aliphatic heterocycles. The summed E-state index contributed by atoms with van der Waals surface area (Å²) >= 11 is 5.97. The molecule has 25 heavy (non-hydrogen) atoms. The molecule has 0 fully saturated rings. The van der Waals surface area contributed by atoms with Crippen molar-refractivity contribution in [3.8, 4) is 11.5 Å². The molecule has 1 atom stereocenters. The Morgan fingerprint density at radius 3 is 2.52 bits per heavy atom. The third kappa shape index (κ3) is 4.00. The van der Waals surface area contributed by atoms with E-state index in [2.05, 4.69) is 10.1 Å². The zero-order valence-corrected chi connectivity index (χ0v) is 14.9. The maximum absolute atomic E-state index is 11.2. The van der Waals surface area contributed by atoms with Crippen LogP contribution in [-0.4, -0.2) is 19.9 Å². The fourth-order valence-corrected chi connectivity index (χ4v) is 2.83. The number of aliphatic hydroxyl groups is 1. The van der Waals surface area contributed by atoms with E-state index in [1.54, 1.807) is 23.1 Å². The van der Waals surface area contributed by atoms with Gasteiger partial charge in [-0.1, -0.05) is 43.6 Å². The van der Waals surface area contributed by atoms with E-state index < -0.39 is 5.60 Å². The zero-order chi connectivity index (χ0) is 17.9. The molecule has 1 heterocycles. The average Bonchev–Trinajstić information content (AvgIpc) is 3.08. The van der Waals surface area contributed by atoms with Gasteiger partial charge in [-0.2, -0.15) is 5.10 Å². The number of hydrogen-bond acceptors (Lipinski definition) is 4. The second-order valence-corrected chi connectivity index (χ2v) is 6.69. The Hall–Kier alpha value is -2.37. The normalized spacial score (nSPS) is 13.6. The SMILES string of the molecule is CC(C)C(O)(Cn1cncn1)c1ccc(Oc2cccc(Cl)c2)cc1. The second kappa shape index (κ2) is 7.25. The van der Waals surface area contributed by atoms with Gasteiger partial charge in [0.15, 0.2) is 0 Å². The topological polar surface area (TPSA) is 60.2 Å². The van der Waals surface area contributed by atoms with Gasteiger partial charge in [-0.05, 0) is 41.8 Å². The number of benzene rings is 2. The van der Waals surface area contributed by atoms with Crippen molar-refractivity contribution in [3.63, 3.8) is 0 Å². The summed E-state index contributed by atoms with van der Waals surface area (Å²) in [7, 11) is 0. The number of hydrogen-bond donors (Lipinski definition) is 1. The van der Waals surface area contributed by atoms with E-state index in [1.165, 1.54) is 6.33 Å². The van der Waals surface area contributed by atoms with Gasteiger partial charge in [-0.15, -0.1) is 0 Å².